The Balaban J connectivity index is 1.38. The molecule has 0 spiro atoms. The molecule has 0 saturated heterocycles. The van der Waals surface area contributed by atoms with Crippen molar-refractivity contribution in [1.82, 2.24) is 0 Å². The van der Waals surface area contributed by atoms with Crippen LogP contribution in [0.25, 0.3) is 39.5 Å². The van der Waals surface area contributed by atoms with Crippen LogP contribution >= 0.6 is 0 Å². The number of allylic oxidation sites excluding steroid dienone is 1. The predicted molar refractivity (Wildman–Crippen MR) is 194 cm³/mol. The molecule has 2 aliphatic rings. The third-order valence-electron chi connectivity index (χ3n) is 10.1. The normalized spacial score (nSPS) is 15.4. The largest absolute Gasteiger partial charge is 0.0651 e. The summed E-state index contributed by atoms with van der Waals surface area (Å²) in [7, 11) is 0. The maximum atomic E-state index is 2.57. The van der Waals surface area contributed by atoms with Crippen LogP contribution in [0.15, 0.2) is 109 Å². The van der Waals surface area contributed by atoms with Gasteiger partial charge in [-0.25, -0.2) is 0 Å². The van der Waals surface area contributed by atoms with Crippen molar-refractivity contribution in [2.24, 2.45) is 0 Å². The summed E-state index contributed by atoms with van der Waals surface area (Å²) in [6, 6.07) is 39.2. The topological polar surface area (TPSA) is 0 Å². The number of fused-ring (bicyclic) bond motifs is 4. The molecule has 0 aromatic heterocycles. The third-order valence-corrected chi connectivity index (χ3v) is 10.1. The molecule has 5 aromatic carbocycles. The van der Waals surface area contributed by atoms with Gasteiger partial charge >= 0.3 is 0 Å². The molecule has 0 bridgehead atoms. The fourth-order valence-electron chi connectivity index (χ4n) is 7.52. The van der Waals surface area contributed by atoms with Crippen LogP contribution in [0.2, 0.25) is 0 Å². The van der Waals surface area contributed by atoms with Gasteiger partial charge in [0.15, 0.2) is 0 Å². The van der Waals surface area contributed by atoms with Gasteiger partial charge in [0, 0.05) is 5.92 Å². The van der Waals surface area contributed by atoms with Crippen molar-refractivity contribution < 1.29 is 0 Å². The van der Waals surface area contributed by atoms with E-state index >= 15 is 0 Å². The van der Waals surface area contributed by atoms with E-state index in [1.54, 1.807) is 5.57 Å². The number of hydrogen-bond donors (Lipinski definition) is 0. The molecular formula is C45H46. The van der Waals surface area contributed by atoms with E-state index in [1.165, 1.54) is 72.3 Å². The Kier molecular flexibility index (Phi) is 7.24. The van der Waals surface area contributed by atoms with Crippen molar-refractivity contribution in [2.45, 2.75) is 84.5 Å². The molecule has 226 valence electrons. The van der Waals surface area contributed by atoms with E-state index in [0.717, 1.165) is 19.3 Å². The number of hydrogen-bond acceptors (Lipinski definition) is 0. The Morgan fingerprint density at radius 2 is 1.24 bits per heavy atom. The van der Waals surface area contributed by atoms with E-state index in [9.17, 15) is 0 Å². The first-order chi connectivity index (χ1) is 21.5. The molecule has 1 unspecified atom stereocenters. The van der Waals surface area contributed by atoms with Crippen molar-refractivity contribution in [3.05, 3.63) is 148 Å². The first-order valence-electron chi connectivity index (χ1n) is 16.8. The molecule has 0 nitrogen and oxygen atoms in total. The molecule has 0 amide bonds. The van der Waals surface area contributed by atoms with Gasteiger partial charge in [0.05, 0.1) is 0 Å². The first kappa shape index (κ1) is 29.5. The van der Waals surface area contributed by atoms with Crippen LogP contribution in [0, 0.1) is 0 Å². The van der Waals surface area contributed by atoms with Gasteiger partial charge in [0.2, 0.25) is 0 Å². The number of benzene rings is 5. The van der Waals surface area contributed by atoms with Crippen LogP contribution in [0.1, 0.15) is 106 Å². The summed E-state index contributed by atoms with van der Waals surface area (Å²) in [5.41, 5.74) is 20.0. The van der Waals surface area contributed by atoms with E-state index in [4.69, 9.17) is 0 Å². The SMILES string of the molecule is CCCC1=Cc2c(-c3ccc(-c4ccccc4)cc3)cccc2C1c1cc(C(C)(C)C)cc2c1Cc1ccc(C(C)(C)C)cc1-2. The lowest BCUT2D eigenvalue weighted by Gasteiger charge is -2.27. The Bertz CT molecular complexity index is 1920. The monoisotopic (exact) mass is 586 g/mol. The minimum atomic E-state index is 0.0621. The van der Waals surface area contributed by atoms with Crippen LogP contribution in [-0.4, -0.2) is 0 Å². The molecule has 0 aliphatic heterocycles. The summed E-state index contributed by atoms with van der Waals surface area (Å²) < 4.78 is 0. The summed E-state index contributed by atoms with van der Waals surface area (Å²) in [5.74, 6) is 0.288. The molecule has 0 N–H and O–H groups in total. The van der Waals surface area contributed by atoms with Crippen molar-refractivity contribution in [3.8, 4) is 33.4 Å². The number of rotatable bonds is 5. The third kappa shape index (κ3) is 5.29. The minimum absolute atomic E-state index is 0.0621. The Morgan fingerprint density at radius 1 is 0.578 bits per heavy atom. The fraction of sp³-hybridized carbons (Fsp3) is 0.289. The lowest BCUT2D eigenvalue weighted by Crippen LogP contribution is -2.14. The van der Waals surface area contributed by atoms with Gasteiger partial charge in [-0.3, -0.25) is 0 Å². The van der Waals surface area contributed by atoms with Gasteiger partial charge in [-0.15, -0.1) is 0 Å². The summed E-state index contributed by atoms with van der Waals surface area (Å²) in [4.78, 5) is 0. The van der Waals surface area contributed by atoms with Crippen molar-refractivity contribution in [3.63, 3.8) is 0 Å². The Hall–Kier alpha value is -4.16. The predicted octanol–water partition coefficient (Wildman–Crippen LogP) is 12.5. The molecule has 1 atom stereocenters. The van der Waals surface area contributed by atoms with Crippen LogP contribution < -0.4 is 0 Å². The van der Waals surface area contributed by atoms with Gasteiger partial charge in [0.1, 0.15) is 0 Å². The van der Waals surface area contributed by atoms with Crippen LogP contribution in [0.4, 0.5) is 0 Å². The van der Waals surface area contributed by atoms with Gasteiger partial charge in [-0.1, -0.05) is 170 Å². The molecule has 0 radical (unpaired) electrons. The zero-order valence-corrected chi connectivity index (χ0v) is 28.1. The second-order valence-electron chi connectivity index (χ2n) is 15.3. The fourth-order valence-corrected chi connectivity index (χ4v) is 7.52. The highest BCUT2D eigenvalue weighted by Crippen LogP contribution is 2.51. The lowest BCUT2D eigenvalue weighted by atomic mass is 9.77. The van der Waals surface area contributed by atoms with Crippen molar-refractivity contribution in [1.29, 1.82) is 0 Å². The zero-order valence-electron chi connectivity index (χ0n) is 28.1. The maximum Gasteiger partial charge on any atom is 0.0311 e. The Morgan fingerprint density at radius 3 is 1.93 bits per heavy atom. The molecule has 0 fully saturated rings. The molecule has 5 aromatic rings. The van der Waals surface area contributed by atoms with Gasteiger partial charge in [-0.05, 0) is 96.0 Å². The quantitative estimate of drug-likeness (QED) is 0.188. The highest BCUT2D eigenvalue weighted by Gasteiger charge is 2.34. The molecule has 2 aliphatic carbocycles. The highest BCUT2D eigenvalue weighted by molar-refractivity contribution is 5.86. The summed E-state index contributed by atoms with van der Waals surface area (Å²) in [6.07, 6.45) is 5.82. The van der Waals surface area contributed by atoms with Gasteiger partial charge in [0.25, 0.3) is 0 Å². The highest BCUT2D eigenvalue weighted by atomic mass is 14.4. The smallest absolute Gasteiger partial charge is 0.0311 e. The van der Waals surface area contributed by atoms with E-state index in [1.807, 2.05) is 0 Å². The van der Waals surface area contributed by atoms with E-state index in [0.29, 0.717) is 0 Å². The lowest BCUT2D eigenvalue weighted by molar-refractivity contribution is 0.588. The van der Waals surface area contributed by atoms with E-state index < -0.39 is 0 Å². The average molecular weight is 587 g/mol. The van der Waals surface area contributed by atoms with Crippen molar-refractivity contribution in [2.75, 3.05) is 0 Å². The van der Waals surface area contributed by atoms with Crippen LogP contribution in [-0.2, 0) is 17.3 Å². The molecule has 45 heavy (non-hydrogen) atoms. The molecular weight excluding hydrogens is 540 g/mol. The zero-order chi connectivity index (χ0) is 31.5. The van der Waals surface area contributed by atoms with Crippen molar-refractivity contribution >= 4 is 6.08 Å². The molecule has 0 heterocycles. The van der Waals surface area contributed by atoms with E-state index in [-0.39, 0.29) is 16.7 Å². The summed E-state index contributed by atoms with van der Waals surface area (Å²) in [6.45, 7) is 16.4. The second kappa shape index (κ2) is 11.0. The van der Waals surface area contributed by atoms with Crippen LogP contribution in [0.5, 0.6) is 0 Å². The summed E-state index contributed by atoms with van der Waals surface area (Å²) in [5, 5.41) is 0. The Labute approximate surface area is 270 Å². The standard InChI is InChI=1S/C45H46/c1-8-13-33-25-39-36(31-20-18-30(19-21-31)29-14-10-9-11-15-29)16-12-17-37(39)43(33)42-28-35(45(5,6)7)27-41-38-26-34(44(2,3)4)23-22-32(38)24-40(41)42/h9-12,14-23,25-28,43H,8,13,24H2,1-7H3. The average Bonchev–Trinajstić information content (AvgIpc) is 3.58. The van der Waals surface area contributed by atoms with Gasteiger partial charge in [-0.2, -0.15) is 0 Å². The minimum Gasteiger partial charge on any atom is -0.0651 e. The maximum absolute atomic E-state index is 2.57. The molecule has 0 heteroatoms. The summed E-state index contributed by atoms with van der Waals surface area (Å²) >= 11 is 0. The first-order valence-corrected chi connectivity index (χ1v) is 16.8. The molecule has 0 saturated carbocycles. The molecule has 7 rings (SSSR count). The second-order valence-corrected chi connectivity index (χ2v) is 15.3. The van der Waals surface area contributed by atoms with E-state index in [2.05, 4.69) is 158 Å². The van der Waals surface area contributed by atoms with Gasteiger partial charge < -0.3 is 0 Å². The van der Waals surface area contributed by atoms with Crippen LogP contribution in [0.3, 0.4) is 0 Å².